The average molecular weight is 258 g/mol. The molecule has 2 aromatic carbocycles. The minimum absolute atomic E-state index is 1.14. The molecule has 0 bridgehead atoms. The van der Waals surface area contributed by atoms with Crippen LogP contribution in [-0.2, 0) is 25.9 Å². The lowest BCUT2D eigenvalue weighted by Gasteiger charge is -2.02. The lowest BCUT2D eigenvalue weighted by Crippen LogP contribution is -1.99. The summed E-state index contributed by atoms with van der Waals surface area (Å²) in [6.07, 6.45) is 2.38. The Morgan fingerprint density at radius 1 is 0.700 bits per heavy atom. The number of hydrogen-bond acceptors (Lipinski definition) is 0. The molecule has 0 radical (unpaired) electrons. The molecule has 2 nitrogen and oxygen atoms in total. The first-order valence-electron chi connectivity index (χ1n) is 7.47. The van der Waals surface area contributed by atoms with E-state index < -0.39 is 0 Å². The second-order valence-electron chi connectivity index (χ2n) is 6.13. The molecule has 6 rings (SSSR count). The summed E-state index contributed by atoms with van der Waals surface area (Å²) in [6.45, 7) is 2.29. The minimum Gasteiger partial charge on any atom is -0.326 e. The molecule has 4 heterocycles. The lowest BCUT2D eigenvalue weighted by molar-refractivity contribution is 0.730. The molecule has 0 amide bonds. The van der Waals surface area contributed by atoms with E-state index in [-0.39, 0.29) is 0 Å². The van der Waals surface area contributed by atoms with Gasteiger partial charge in [0.15, 0.2) is 0 Å². The van der Waals surface area contributed by atoms with Gasteiger partial charge in [-0.3, -0.25) is 0 Å². The number of fused-ring (bicyclic) bond motifs is 5. The van der Waals surface area contributed by atoms with E-state index in [1.165, 1.54) is 56.8 Å². The molecule has 20 heavy (non-hydrogen) atoms. The number of nitrogens with zero attached hydrogens (tertiary/aromatic N) is 2. The molecular formula is C18H14N2. The molecule has 0 unspecified atom stereocenters. The van der Waals surface area contributed by atoms with E-state index in [2.05, 4.69) is 45.5 Å². The Morgan fingerprint density at radius 3 is 1.80 bits per heavy atom. The second kappa shape index (κ2) is 2.93. The summed E-state index contributed by atoms with van der Waals surface area (Å²) in [5.74, 6) is 0. The Hall–Kier alpha value is -2.22. The Bertz CT molecular complexity index is 965. The molecule has 0 fully saturated rings. The minimum atomic E-state index is 1.14. The quantitative estimate of drug-likeness (QED) is 0.453. The highest BCUT2D eigenvalue weighted by Crippen LogP contribution is 2.43. The molecule has 0 atom stereocenters. The van der Waals surface area contributed by atoms with E-state index >= 15 is 0 Å². The first kappa shape index (κ1) is 9.65. The van der Waals surface area contributed by atoms with Crippen molar-refractivity contribution in [3.05, 3.63) is 47.5 Å². The van der Waals surface area contributed by atoms with Gasteiger partial charge in [0.05, 0.1) is 11.0 Å². The van der Waals surface area contributed by atoms with Crippen molar-refractivity contribution in [2.24, 2.45) is 0 Å². The molecule has 0 saturated heterocycles. The summed E-state index contributed by atoms with van der Waals surface area (Å²) in [6, 6.07) is 13.7. The largest absolute Gasteiger partial charge is 0.326 e. The van der Waals surface area contributed by atoms with Crippen molar-refractivity contribution in [2.75, 3.05) is 0 Å². The van der Waals surface area contributed by atoms with Gasteiger partial charge < -0.3 is 9.13 Å². The van der Waals surface area contributed by atoms with E-state index in [9.17, 15) is 0 Å². The number of rotatable bonds is 0. The topological polar surface area (TPSA) is 9.86 Å². The maximum Gasteiger partial charge on any atom is 0.122 e. The molecule has 2 aromatic heterocycles. The summed E-state index contributed by atoms with van der Waals surface area (Å²) < 4.78 is 5.13. The van der Waals surface area contributed by atoms with E-state index in [1.54, 1.807) is 0 Å². The lowest BCUT2D eigenvalue weighted by atomic mass is 10.1. The highest BCUT2D eigenvalue weighted by Gasteiger charge is 2.27. The van der Waals surface area contributed by atoms with Crippen LogP contribution in [0.25, 0.3) is 32.8 Å². The summed E-state index contributed by atoms with van der Waals surface area (Å²) in [7, 11) is 0. The SMILES string of the molecule is c1cc2c3c(c1)c1c4cccc5c4n(c1n3CC2)CC5. The molecule has 0 saturated carbocycles. The first-order valence-corrected chi connectivity index (χ1v) is 7.47. The fourth-order valence-corrected chi connectivity index (χ4v) is 4.54. The van der Waals surface area contributed by atoms with E-state index in [0.29, 0.717) is 0 Å². The Balaban J connectivity index is 2.04. The third-order valence-corrected chi connectivity index (χ3v) is 5.26. The summed E-state index contributed by atoms with van der Waals surface area (Å²) in [4.78, 5) is 0. The number of aromatic nitrogens is 2. The maximum absolute atomic E-state index is 2.56. The Kier molecular flexibility index (Phi) is 1.41. The van der Waals surface area contributed by atoms with Gasteiger partial charge in [0.1, 0.15) is 5.65 Å². The highest BCUT2D eigenvalue weighted by atomic mass is 15.1. The smallest absolute Gasteiger partial charge is 0.122 e. The number of benzene rings is 2. The van der Waals surface area contributed by atoms with E-state index in [1.807, 2.05) is 0 Å². The van der Waals surface area contributed by atoms with Crippen LogP contribution in [0.1, 0.15) is 11.1 Å². The molecule has 4 aromatic rings. The van der Waals surface area contributed by atoms with Crippen molar-refractivity contribution in [1.29, 1.82) is 0 Å². The van der Waals surface area contributed by atoms with Gasteiger partial charge in [-0.2, -0.15) is 0 Å². The predicted octanol–water partition coefficient (Wildman–Crippen LogP) is 3.86. The van der Waals surface area contributed by atoms with Crippen molar-refractivity contribution >= 4 is 32.8 Å². The van der Waals surface area contributed by atoms with Gasteiger partial charge >= 0.3 is 0 Å². The summed E-state index contributed by atoms with van der Waals surface area (Å²) in [5.41, 5.74) is 7.48. The van der Waals surface area contributed by atoms with Crippen LogP contribution in [0.15, 0.2) is 36.4 Å². The van der Waals surface area contributed by atoms with Crippen molar-refractivity contribution in [3.63, 3.8) is 0 Å². The van der Waals surface area contributed by atoms with Crippen LogP contribution in [0.3, 0.4) is 0 Å². The third kappa shape index (κ3) is 0.847. The van der Waals surface area contributed by atoms with Crippen LogP contribution in [0.2, 0.25) is 0 Å². The monoisotopic (exact) mass is 258 g/mol. The zero-order valence-electron chi connectivity index (χ0n) is 11.2. The van der Waals surface area contributed by atoms with Crippen molar-refractivity contribution in [2.45, 2.75) is 25.9 Å². The van der Waals surface area contributed by atoms with Crippen LogP contribution >= 0.6 is 0 Å². The molecule has 2 aliphatic rings. The zero-order chi connectivity index (χ0) is 12.8. The van der Waals surface area contributed by atoms with Gasteiger partial charge in [-0.25, -0.2) is 0 Å². The van der Waals surface area contributed by atoms with Gasteiger partial charge in [0.2, 0.25) is 0 Å². The normalized spacial score (nSPS) is 16.2. The second-order valence-corrected chi connectivity index (χ2v) is 6.13. The van der Waals surface area contributed by atoms with Gasteiger partial charge in [-0.15, -0.1) is 0 Å². The van der Waals surface area contributed by atoms with Crippen molar-refractivity contribution < 1.29 is 0 Å². The maximum atomic E-state index is 2.56. The van der Waals surface area contributed by atoms with Gasteiger partial charge in [-0.05, 0) is 24.0 Å². The van der Waals surface area contributed by atoms with Crippen LogP contribution in [0.5, 0.6) is 0 Å². The van der Waals surface area contributed by atoms with Crippen LogP contribution in [0, 0.1) is 0 Å². The average Bonchev–Trinajstić information content (AvgIpc) is 3.20. The zero-order valence-corrected chi connectivity index (χ0v) is 11.2. The van der Waals surface area contributed by atoms with Crippen LogP contribution in [0.4, 0.5) is 0 Å². The first-order chi connectivity index (χ1) is 9.93. The fourth-order valence-electron chi connectivity index (χ4n) is 4.54. The van der Waals surface area contributed by atoms with Crippen LogP contribution in [-0.4, -0.2) is 9.13 Å². The standard InChI is InChI=1S/C18H14N2/c1-3-11-7-9-19-16(11)13(5-1)15-14-6-2-4-12-8-10-20(17(12)14)18(15)19/h1-6H,7-10H2. The summed E-state index contributed by atoms with van der Waals surface area (Å²) >= 11 is 0. The number of para-hydroxylation sites is 2. The van der Waals surface area contributed by atoms with E-state index in [4.69, 9.17) is 0 Å². The molecule has 2 aliphatic heterocycles. The van der Waals surface area contributed by atoms with Crippen molar-refractivity contribution in [3.8, 4) is 0 Å². The number of aryl methyl sites for hydroxylation is 4. The summed E-state index contributed by atoms with van der Waals surface area (Å²) in [5, 5.41) is 4.40. The van der Waals surface area contributed by atoms with Gasteiger partial charge in [0, 0.05) is 29.2 Å². The van der Waals surface area contributed by atoms with Crippen molar-refractivity contribution in [1.82, 2.24) is 9.13 Å². The van der Waals surface area contributed by atoms with Crippen LogP contribution < -0.4 is 0 Å². The predicted molar refractivity (Wildman–Crippen MR) is 82.3 cm³/mol. The molecular weight excluding hydrogens is 244 g/mol. The highest BCUT2D eigenvalue weighted by molar-refractivity contribution is 6.22. The molecule has 0 N–H and O–H groups in total. The molecule has 0 spiro atoms. The number of hydrogen-bond donors (Lipinski definition) is 0. The fraction of sp³-hybridized carbons (Fsp3) is 0.222. The van der Waals surface area contributed by atoms with E-state index in [0.717, 1.165) is 13.1 Å². The van der Waals surface area contributed by atoms with Gasteiger partial charge in [0.25, 0.3) is 0 Å². The Morgan fingerprint density at radius 2 is 1.25 bits per heavy atom. The molecule has 2 heteroatoms. The molecule has 0 aliphatic carbocycles. The van der Waals surface area contributed by atoms with Gasteiger partial charge in [-0.1, -0.05) is 36.4 Å². The molecule has 96 valence electrons. The third-order valence-electron chi connectivity index (χ3n) is 5.26. The Labute approximate surface area is 116 Å².